The Bertz CT molecular complexity index is 1140. The first-order chi connectivity index (χ1) is 13.4. The Balaban J connectivity index is 1.51. The molecule has 144 valence electrons. The van der Waals surface area contributed by atoms with E-state index in [-0.39, 0.29) is 17.9 Å². The quantitative estimate of drug-likeness (QED) is 0.709. The number of carbonyl (C=O) groups excluding carboxylic acids is 1. The third kappa shape index (κ3) is 3.68. The van der Waals surface area contributed by atoms with E-state index in [0.717, 1.165) is 40.9 Å². The van der Waals surface area contributed by atoms with Crippen LogP contribution in [0, 0.1) is 13.8 Å². The molecular weight excluding hydrogens is 374 g/mol. The third-order valence-electron chi connectivity index (χ3n) is 5.23. The molecule has 28 heavy (non-hydrogen) atoms. The van der Waals surface area contributed by atoms with Crippen LogP contribution in [0.25, 0.3) is 10.9 Å². The van der Waals surface area contributed by atoms with Gasteiger partial charge in [0.2, 0.25) is 5.91 Å². The number of pyridine rings is 1. The molecule has 0 atom stereocenters. The van der Waals surface area contributed by atoms with Crippen molar-refractivity contribution in [3.05, 3.63) is 74.0 Å². The second-order valence-corrected chi connectivity index (χ2v) is 7.84. The minimum Gasteiger partial charge on any atom is -0.358 e. The van der Waals surface area contributed by atoms with Crippen molar-refractivity contribution in [2.24, 2.45) is 0 Å². The fraction of sp³-hybridized carbons (Fsp3) is 0.273. The fourth-order valence-electron chi connectivity index (χ4n) is 3.65. The van der Waals surface area contributed by atoms with Gasteiger partial charge in [-0.25, -0.2) is 0 Å². The number of nitrogens with zero attached hydrogens (tertiary/aromatic N) is 1. The van der Waals surface area contributed by atoms with Gasteiger partial charge in [-0.05, 0) is 43.7 Å². The van der Waals surface area contributed by atoms with Crippen LogP contribution in [-0.2, 0) is 17.8 Å². The number of H-pyrrole nitrogens is 1. The van der Waals surface area contributed by atoms with Crippen molar-refractivity contribution in [2.45, 2.75) is 26.8 Å². The molecule has 1 aromatic heterocycles. The molecule has 1 amide bonds. The summed E-state index contributed by atoms with van der Waals surface area (Å²) in [6.45, 7) is 5.32. The van der Waals surface area contributed by atoms with Crippen molar-refractivity contribution in [2.75, 3.05) is 18.4 Å². The van der Waals surface area contributed by atoms with Crippen molar-refractivity contribution in [1.29, 1.82) is 0 Å². The number of carbonyl (C=O) groups is 1. The molecule has 0 aliphatic carbocycles. The van der Waals surface area contributed by atoms with Gasteiger partial charge in [0.15, 0.2) is 5.43 Å². The van der Waals surface area contributed by atoms with Gasteiger partial charge >= 0.3 is 0 Å². The Kier molecular flexibility index (Phi) is 4.96. The number of aromatic amines is 1. The summed E-state index contributed by atoms with van der Waals surface area (Å²) in [6.07, 6.45) is 0.720. The molecule has 0 radical (unpaired) electrons. The lowest BCUT2D eigenvalue weighted by molar-refractivity contribution is -0.117. The molecule has 2 N–H and O–H groups in total. The van der Waals surface area contributed by atoms with Gasteiger partial charge in [-0.2, -0.15) is 0 Å². The second-order valence-electron chi connectivity index (χ2n) is 7.43. The Morgan fingerprint density at radius 3 is 2.82 bits per heavy atom. The lowest BCUT2D eigenvalue weighted by Crippen LogP contribution is -2.39. The van der Waals surface area contributed by atoms with E-state index in [0.29, 0.717) is 22.6 Å². The Morgan fingerprint density at radius 2 is 2.04 bits per heavy atom. The third-order valence-corrected chi connectivity index (χ3v) is 5.63. The van der Waals surface area contributed by atoms with E-state index in [1.807, 2.05) is 49.1 Å². The summed E-state index contributed by atoms with van der Waals surface area (Å²) in [4.78, 5) is 30.8. The van der Waals surface area contributed by atoms with Gasteiger partial charge in [0.25, 0.3) is 0 Å². The van der Waals surface area contributed by atoms with Gasteiger partial charge in [0.1, 0.15) is 0 Å². The molecule has 5 nitrogen and oxygen atoms in total. The number of nitrogens with one attached hydrogen (secondary N) is 2. The first-order valence-corrected chi connectivity index (χ1v) is 9.71. The number of hydrogen-bond donors (Lipinski definition) is 2. The number of aryl methyl sites for hydroxylation is 2. The summed E-state index contributed by atoms with van der Waals surface area (Å²) < 4.78 is 0. The topological polar surface area (TPSA) is 65.2 Å². The highest BCUT2D eigenvalue weighted by molar-refractivity contribution is 6.31. The number of hydrogen-bond acceptors (Lipinski definition) is 3. The summed E-state index contributed by atoms with van der Waals surface area (Å²) >= 11 is 6.12. The van der Waals surface area contributed by atoms with Gasteiger partial charge < -0.3 is 10.3 Å². The average molecular weight is 396 g/mol. The zero-order valence-corrected chi connectivity index (χ0v) is 16.7. The van der Waals surface area contributed by atoms with E-state index in [1.54, 1.807) is 6.07 Å². The number of amides is 1. The van der Waals surface area contributed by atoms with Crippen LogP contribution in [0.15, 0.2) is 41.2 Å². The van der Waals surface area contributed by atoms with Gasteiger partial charge in [-0.3, -0.25) is 14.5 Å². The molecule has 0 saturated carbocycles. The number of benzene rings is 2. The zero-order valence-electron chi connectivity index (χ0n) is 15.9. The first-order valence-electron chi connectivity index (χ1n) is 9.33. The average Bonchev–Trinajstić information content (AvgIpc) is 2.66. The van der Waals surface area contributed by atoms with Crippen LogP contribution >= 0.6 is 11.6 Å². The minimum atomic E-state index is -0.114. The first kappa shape index (κ1) is 18.7. The molecule has 2 aromatic carbocycles. The summed E-state index contributed by atoms with van der Waals surface area (Å²) in [5.41, 5.74) is 5.37. The Labute approximate surface area is 168 Å². The number of aromatic nitrogens is 1. The van der Waals surface area contributed by atoms with Crippen molar-refractivity contribution < 1.29 is 4.79 Å². The number of anilines is 1. The molecule has 0 bridgehead atoms. The van der Waals surface area contributed by atoms with Crippen LogP contribution in [0.1, 0.15) is 22.4 Å². The monoisotopic (exact) mass is 395 g/mol. The van der Waals surface area contributed by atoms with E-state index in [9.17, 15) is 9.59 Å². The van der Waals surface area contributed by atoms with Crippen molar-refractivity contribution in [3.8, 4) is 0 Å². The minimum absolute atomic E-state index is 0.0582. The molecule has 3 aromatic rings. The van der Waals surface area contributed by atoms with Crippen LogP contribution in [-0.4, -0.2) is 28.9 Å². The predicted molar refractivity (Wildman–Crippen MR) is 113 cm³/mol. The van der Waals surface area contributed by atoms with E-state index in [2.05, 4.69) is 10.3 Å². The van der Waals surface area contributed by atoms with Crippen molar-refractivity contribution in [3.63, 3.8) is 0 Å². The maximum atomic E-state index is 13.0. The van der Waals surface area contributed by atoms with Crippen LogP contribution < -0.4 is 10.7 Å². The second kappa shape index (κ2) is 7.41. The summed E-state index contributed by atoms with van der Waals surface area (Å²) in [7, 11) is 0. The molecule has 6 heteroatoms. The Hall–Kier alpha value is -2.63. The molecule has 0 fully saturated rings. The molecule has 0 spiro atoms. The van der Waals surface area contributed by atoms with Crippen LogP contribution in [0.3, 0.4) is 0 Å². The predicted octanol–water partition coefficient (Wildman–Crippen LogP) is 3.80. The van der Waals surface area contributed by atoms with Gasteiger partial charge in [-0.15, -0.1) is 0 Å². The number of rotatable bonds is 3. The number of fused-ring (bicyclic) bond motifs is 2. The van der Waals surface area contributed by atoms with Gasteiger partial charge in [0.05, 0.1) is 6.54 Å². The zero-order chi connectivity index (χ0) is 19.8. The van der Waals surface area contributed by atoms with Crippen LogP contribution in [0.2, 0.25) is 5.02 Å². The molecular formula is C22H22ClN3O2. The summed E-state index contributed by atoms with van der Waals surface area (Å²) in [6, 6.07) is 11.3. The molecule has 4 rings (SSSR count). The SMILES string of the molecule is Cc1ccc2[nH]c3c(c(=O)c2c1)CN(CC(=O)Nc1ccc(C)c(Cl)c1)CC3. The van der Waals surface area contributed by atoms with Gasteiger partial charge in [-0.1, -0.05) is 29.3 Å². The van der Waals surface area contributed by atoms with Crippen molar-refractivity contribution in [1.82, 2.24) is 9.88 Å². The summed E-state index contributed by atoms with van der Waals surface area (Å²) in [5, 5.41) is 4.21. The van der Waals surface area contributed by atoms with Crippen LogP contribution in [0.4, 0.5) is 5.69 Å². The van der Waals surface area contributed by atoms with E-state index >= 15 is 0 Å². The van der Waals surface area contributed by atoms with Crippen molar-refractivity contribution >= 4 is 34.1 Å². The molecule has 2 heterocycles. The van der Waals surface area contributed by atoms with Crippen LogP contribution in [0.5, 0.6) is 0 Å². The number of halogens is 1. The maximum absolute atomic E-state index is 13.0. The lowest BCUT2D eigenvalue weighted by atomic mass is 10.0. The smallest absolute Gasteiger partial charge is 0.238 e. The molecule has 1 aliphatic rings. The highest BCUT2D eigenvalue weighted by Crippen LogP contribution is 2.21. The standard InChI is InChI=1S/C22H22ClN3O2/c1-13-3-6-19-16(9-13)22(28)17-11-26(8-7-20(17)25-19)12-21(27)24-15-5-4-14(2)18(23)10-15/h3-6,9-10H,7-8,11-12H2,1-2H3,(H,24,27)(H,25,28). The van der Waals surface area contributed by atoms with E-state index < -0.39 is 0 Å². The fourth-order valence-corrected chi connectivity index (χ4v) is 3.84. The molecule has 1 aliphatic heterocycles. The summed E-state index contributed by atoms with van der Waals surface area (Å²) in [5.74, 6) is -0.114. The van der Waals surface area contributed by atoms with Gasteiger partial charge in [0, 0.05) is 52.4 Å². The lowest BCUT2D eigenvalue weighted by Gasteiger charge is -2.28. The largest absolute Gasteiger partial charge is 0.358 e. The highest BCUT2D eigenvalue weighted by Gasteiger charge is 2.22. The van der Waals surface area contributed by atoms with E-state index in [4.69, 9.17) is 11.6 Å². The highest BCUT2D eigenvalue weighted by atomic mass is 35.5. The maximum Gasteiger partial charge on any atom is 0.238 e. The molecule has 0 unspecified atom stereocenters. The Morgan fingerprint density at radius 1 is 1.21 bits per heavy atom. The normalized spacial score (nSPS) is 14.1. The molecule has 0 saturated heterocycles. The van der Waals surface area contributed by atoms with E-state index in [1.165, 1.54) is 0 Å².